The van der Waals surface area contributed by atoms with Crippen LogP contribution in [0.5, 0.6) is 11.6 Å². The molecule has 3 aromatic heterocycles. The van der Waals surface area contributed by atoms with Crippen LogP contribution in [0.15, 0.2) is 16.8 Å². The predicted molar refractivity (Wildman–Crippen MR) is 76.8 cm³/mol. The minimum atomic E-state index is 0.411. The largest absolute Gasteiger partial charge is 0.484 e. The highest BCUT2D eigenvalue weighted by molar-refractivity contribution is 5.85. The van der Waals surface area contributed by atoms with E-state index in [1.807, 2.05) is 19.1 Å². The number of hydrogen-bond donors (Lipinski definition) is 1. The van der Waals surface area contributed by atoms with E-state index in [2.05, 4.69) is 24.9 Å². The Morgan fingerprint density at radius 2 is 2.00 bits per heavy atom. The molecule has 0 unspecified atom stereocenters. The fourth-order valence-corrected chi connectivity index (χ4v) is 2.46. The molecule has 3 aromatic rings. The van der Waals surface area contributed by atoms with Crippen LogP contribution in [0.25, 0.3) is 11.2 Å². The minimum absolute atomic E-state index is 0.411. The number of aromatic nitrogens is 4. The molecule has 0 atom stereocenters. The third-order valence-corrected chi connectivity index (χ3v) is 3.58. The highest BCUT2D eigenvalue weighted by Gasteiger charge is 2.17. The van der Waals surface area contributed by atoms with E-state index >= 15 is 0 Å². The van der Waals surface area contributed by atoms with Crippen LogP contribution in [0.3, 0.4) is 0 Å². The third-order valence-electron chi connectivity index (χ3n) is 3.58. The number of fused-ring (bicyclic) bond motifs is 2. The van der Waals surface area contributed by atoms with Crippen molar-refractivity contribution in [2.45, 2.75) is 13.3 Å². The number of aryl methyl sites for hydroxylation is 1. The second kappa shape index (κ2) is 4.83. The average molecular weight is 299 g/mol. The van der Waals surface area contributed by atoms with Crippen LogP contribution >= 0.6 is 0 Å². The number of rotatable bonds is 2. The number of ether oxygens (including phenoxy) is 2. The van der Waals surface area contributed by atoms with Crippen molar-refractivity contribution < 1.29 is 14.1 Å². The quantitative estimate of drug-likeness (QED) is 0.753. The lowest BCUT2D eigenvalue weighted by Crippen LogP contribution is -2.16. The maximum absolute atomic E-state index is 6.16. The van der Waals surface area contributed by atoms with Gasteiger partial charge in [-0.25, -0.2) is 14.6 Å². The van der Waals surface area contributed by atoms with Gasteiger partial charge in [-0.05, 0) is 29.4 Å². The lowest BCUT2D eigenvalue weighted by Gasteiger charge is -2.18. The van der Waals surface area contributed by atoms with Crippen LogP contribution in [0.2, 0.25) is 0 Å². The summed E-state index contributed by atoms with van der Waals surface area (Å²) in [5, 5.41) is 7.51. The molecule has 8 nitrogen and oxygen atoms in total. The van der Waals surface area contributed by atoms with Gasteiger partial charge in [-0.1, -0.05) is 0 Å². The molecule has 4 rings (SSSR count). The Morgan fingerprint density at radius 3 is 2.91 bits per heavy atom. The first-order valence-electron chi connectivity index (χ1n) is 6.85. The molecule has 112 valence electrons. The summed E-state index contributed by atoms with van der Waals surface area (Å²) in [5.41, 5.74) is 10.0. The van der Waals surface area contributed by atoms with Gasteiger partial charge in [-0.3, -0.25) is 0 Å². The zero-order valence-corrected chi connectivity index (χ0v) is 11.9. The molecule has 4 heterocycles. The molecule has 8 heteroatoms. The Bertz CT molecular complexity index is 861. The lowest BCUT2D eigenvalue weighted by molar-refractivity contribution is 0.164. The maximum Gasteiger partial charge on any atom is 0.257 e. The van der Waals surface area contributed by atoms with E-state index in [9.17, 15) is 0 Å². The maximum atomic E-state index is 6.16. The fourth-order valence-electron chi connectivity index (χ4n) is 2.46. The van der Waals surface area contributed by atoms with Gasteiger partial charge in [0.25, 0.3) is 5.88 Å². The third kappa shape index (κ3) is 2.00. The van der Waals surface area contributed by atoms with Gasteiger partial charge in [0, 0.05) is 23.4 Å². The number of nitrogen functional groups attached to an aromatic ring is 1. The van der Waals surface area contributed by atoms with Gasteiger partial charge < -0.3 is 15.2 Å². The predicted octanol–water partition coefficient (Wildman–Crippen LogP) is 1.27. The highest BCUT2D eigenvalue weighted by Crippen LogP contribution is 2.30. The normalized spacial score (nSPS) is 13.5. The molecule has 0 amide bonds. The molecule has 0 fully saturated rings. The molecular formula is C14H13N5O3. The topological polar surface area (TPSA) is 109 Å². The Hall–Kier alpha value is -2.90. The minimum Gasteiger partial charge on any atom is -0.484 e. The van der Waals surface area contributed by atoms with Crippen LogP contribution in [0.1, 0.15) is 17.0 Å². The molecule has 0 saturated carbocycles. The van der Waals surface area contributed by atoms with Gasteiger partial charge in [0.2, 0.25) is 5.65 Å². The molecule has 0 radical (unpaired) electrons. The monoisotopic (exact) mass is 299 g/mol. The molecule has 0 aliphatic carbocycles. The molecule has 0 bridgehead atoms. The van der Waals surface area contributed by atoms with Gasteiger partial charge in [-0.15, -0.1) is 0 Å². The van der Waals surface area contributed by atoms with Gasteiger partial charge in [0.05, 0.1) is 5.69 Å². The van der Waals surface area contributed by atoms with E-state index in [0.717, 1.165) is 17.0 Å². The van der Waals surface area contributed by atoms with E-state index in [4.69, 9.17) is 15.2 Å². The van der Waals surface area contributed by atoms with Crippen molar-refractivity contribution in [3.8, 4) is 11.6 Å². The number of anilines is 1. The van der Waals surface area contributed by atoms with Crippen LogP contribution < -0.4 is 15.2 Å². The van der Waals surface area contributed by atoms with Gasteiger partial charge in [0.15, 0.2) is 11.3 Å². The standard InChI is InChI=1S/C14H13N5O3/c1-7-9(11(15)12-13(16-7)19-22-18-12)6-8-2-3-10-14(17-8)21-5-4-20-10/h2-3H,4-6,15H2,1H3. The van der Waals surface area contributed by atoms with Crippen molar-refractivity contribution in [3.05, 3.63) is 29.1 Å². The summed E-state index contributed by atoms with van der Waals surface area (Å²) in [4.78, 5) is 8.82. The molecular weight excluding hydrogens is 286 g/mol. The van der Waals surface area contributed by atoms with Crippen molar-refractivity contribution in [2.75, 3.05) is 18.9 Å². The van der Waals surface area contributed by atoms with Crippen molar-refractivity contribution in [2.24, 2.45) is 0 Å². The molecule has 1 aliphatic rings. The second-order valence-corrected chi connectivity index (χ2v) is 5.01. The van der Waals surface area contributed by atoms with Gasteiger partial charge in [-0.2, -0.15) is 0 Å². The fraction of sp³-hybridized carbons (Fsp3) is 0.286. The van der Waals surface area contributed by atoms with Gasteiger partial charge in [0.1, 0.15) is 13.2 Å². The zero-order chi connectivity index (χ0) is 15.1. The van der Waals surface area contributed by atoms with E-state index in [1.165, 1.54) is 0 Å². The first-order chi connectivity index (χ1) is 10.7. The Morgan fingerprint density at radius 1 is 1.14 bits per heavy atom. The van der Waals surface area contributed by atoms with Crippen LogP contribution in [0.4, 0.5) is 5.69 Å². The Labute approximate surface area is 125 Å². The summed E-state index contributed by atoms with van der Waals surface area (Å²) in [6.45, 7) is 2.92. The van der Waals surface area contributed by atoms with Crippen molar-refractivity contribution >= 4 is 16.9 Å². The van der Waals surface area contributed by atoms with Crippen molar-refractivity contribution in [3.63, 3.8) is 0 Å². The molecule has 0 aromatic carbocycles. The van der Waals surface area contributed by atoms with Crippen LogP contribution in [-0.2, 0) is 6.42 Å². The van der Waals surface area contributed by atoms with E-state index in [-0.39, 0.29) is 0 Å². The van der Waals surface area contributed by atoms with Gasteiger partial charge >= 0.3 is 0 Å². The summed E-state index contributed by atoms with van der Waals surface area (Å²) < 4.78 is 15.7. The molecule has 22 heavy (non-hydrogen) atoms. The number of nitrogens with zero attached hydrogens (tertiary/aromatic N) is 4. The first-order valence-corrected chi connectivity index (χ1v) is 6.85. The Kier molecular flexibility index (Phi) is 2.81. The SMILES string of the molecule is Cc1nc2nonc2c(N)c1Cc1ccc2c(n1)OCCO2. The van der Waals surface area contributed by atoms with Crippen LogP contribution in [-0.4, -0.2) is 33.5 Å². The first kappa shape index (κ1) is 12.8. The van der Waals surface area contributed by atoms with E-state index < -0.39 is 0 Å². The smallest absolute Gasteiger partial charge is 0.257 e. The molecule has 0 saturated heterocycles. The second-order valence-electron chi connectivity index (χ2n) is 5.01. The summed E-state index contributed by atoms with van der Waals surface area (Å²) in [5.74, 6) is 1.17. The zero-order valence-electron chi connectivity index (χ0n) is 11.9. The van der Waals surface area contributed by atoms with Crippen molar-refractivity contribution in [1.82, 2.24) is 20.3 Å². The summed E-state index contributed by atoms with van der Waals surface area (Å²) in [7, 11) is 0. The number of hydrogen-bond acceptors (Lipinski definition) is 8. The van der Waals surface area contributed by atoms with Crippen molar-refractivity contribution in [1.29, 1.82) is 0 Å². The molecule has 2 N–H and O–H groups in total. The summed E-state index contributed by atoms with van der Waals surface area (Å²) >= 11 is 0. The van der Waals surface area contributed by atoms with Crippen LogP contribution in [0, 0.1) is 6.92 Å². The summed E-state index contributed by atoms with van der Waals surface area (Å²) in [6.07, 6.45) is 0.518. The average Bonchev–Trinajstić information content (AvgIpc) is 2.99. The van der Waals surface area contributed by atoms with E-state index in [0.29, 0.717) is 48.1 Å². The molecule has 0 spiro atoms. The lowest BCUT2D eigenvalue weighted by atomic mass is 10.1. The molecule has 1 aliphatic heterocycles. The highest BCUT2D eigenvalue weighted by atomic mass is 16.6. The number of nitrogens with two attached hydrogens (primary N) is 1. The van der Waals surface area contributed by atoms with E-state index in [1.54, 1.807) is 0 Å². The Balaban J connectivity index is 1.74. The summed E-state index contributed by atoms with van der Waals surface area (Å²) in [6, 6.07) is 3.74. The number of pyridine rings is 2.